The SMILES string of the molecule is CCCCC(CC)C(=O)O.CCCCCCCC(CCCC)OC(CCCC)CCCCCCC. The van der Waals surface area contributed by atoms with Crippen LogP contribution in [-0.4, -0.2) is 23.3 Å². The highest BCUT2D eigenvalue weighted by Gasteiger charge is 2.16. The van der Waals surface area contributed by atoms with Gasteiger partial charge in [-0.2, -0.15) is 0 Å². The van der Waals surface area contributed by atoms with E-state index in [1.54, 1.807) is 0 Å². The molecular weight excluding hydrogens is 432 g/mol. The second kappa shape index (κ2) is 29.7. The molecule has 35 heavy (non-hydrogen) atoms. The zero-order valence-electron chi connectivity index (χ0n) is 25.1. The van der Waals surface area contributed by atoms with Gasteiger partial charge in [-0.25, -0.2) is 0 Å². The van der Waals surface area contributed by atoms with E-state index in [1.807, 2.05) is 6.92 Å². The van der Waals surface area contributed by atoms with Crippen molar-refractivity contribution in [3.8, 4) is 0 Å². The van der Waals surface area contributed by atoms with Crippen LogP contribution in [0.25, 0.3) is 0 Å². The van der Waals surface area contributed by atoms with Crippen molar-refractivity contribution in [3.05, 3.63) is 0 Å². The lowest BCUT2D eigenvalue weighted by molar-refractivity contribution is -0.142. The Morgan fingerprint density at radius 2 is 0.857 bits per heavy atom. The van der Waals surface area contributed by atoms with E-state index >= 15 is 0 Å². The van der Waals surface area contributed by atoms with Gasteiger partial charge in [0.1, 0.15) is 0 Å². The Morgan fingerprint density at radius 1 is 0.514 bits per heavy atom. The molecular formula is C32H66O3. The molecule has 3 atom stereocenters. The smallest absolute Gasteiger partial charge is 0.306 e. The van der Waals surface area contributed by atoms with E-state index in [2.05, 4.69) is 34.6 Å². The highest BCUT2D eigenvalue weighted by Crippen LogP contribution is 2.22. The van der Waals surface area contributed by atoms with Crippen LogP contribution in [0.2, 0.25) is 0 Å². The van der Waals surface area contributed by atoms with E-state index in [1.165, 1.54) is 116 Å². The summed E-state index contributed by atoms with van der Waals surface area (Å²) in [6, 6.07) is 0. The maximum Gasteiger partial charge on any atom is 0.306 e. The third-order valence-corrected chi connectivity index (χ3v) is 7.15. The third-order valence-electron chi connectivity index (χ3n) is 7.15. The monoisotopic (exact) mass is 499 g/mol. The van der Waals surface area contributed by atoms with Gasteiger partial charge in [0, 0.05) is 0 Å². The number of aliphatic carboxylic acids is 1. The summed E-state index contributed by atoms with van der Waals surface area (Å²) in [6.07, 6.45) is 29.0. The van der Waals surface area contributed by atoms with Crippen molar-refractivity contribution >= 4 is 5.97 Å². The summed E-state index contributed by atoms with van der Waals surface area (Å²) in [6.45, 7) is 13.2. The van der Waals surface area contributed by atoms with Crippen molar-refractivity contribution in [2.75, 3.05) is 0 Å². The molecule has 212 valence electrons. The molecule has 3 nitrogen and oxygen atoms in total. The van der Waals surface area contributed by atoms with Gasteiger partial charge in [-0.3, -0.25) is 4.79 Å². The number of rotatable bonds is 25. The number of hydrogen-bond donors (Lipinski definition) is 1. The Hall–Kier alpha value is -0.570. The molecule has 0 aliphatic carbocycles. The largest absolute Gasteiger partial charge is 0.481 e. The van der Waals surface area contributed by atoms with Crippen LogP contribution in [0.5, 0.6) is 0 Å². The maximum absolute atomic E-state index is 10.4. The zero-order valence-corrected chi connectivity index (χ0v) is 25.1. The van der Waals surface area contributed by atoms with Gasteiger partial charge in [0.25, 0.3) is 0 Å². The molecule has 0 bridgehead atoms. The minimum absolute atomic E-state index is 0.111. The molecule has 0 radical (unpaired) electrons. The molecule has 0 aliphatic heterocycles. The summed E-state index contributed by atoms with van der Waals surface area (Å²) in [5, 5.41) is 8.60. The molecule has 1 N–H and O–H groups in total. The van der Waals surface area contributed by atoms with E-state index in [-0.39, 0.29) is 5.92 Å². The van der Waals surface area contributed by atoms with Crippen LogP contribution >= 0.6 is 0 Å². The zero-order chi connectivity index (χ0) is 26.6. The van der Waals surface area contributed by atoms with Gasteiger partial charge in [0.05, 0.1) is 18.1 Å². The van der Waals surface area contributed by atoms with Gasteiger partial charge in [-0.1, -0.05) is 144 Å². The lowest BCUT2D eigenvalue weighted by Crippen LogP contribution is -2.23. The summed E-state index contributed by atoms with van der Waals surface area (Å²) >= 11 is 0. The summed E-state index contributed by atoms with van der Waals surface area (Å²) in [7, 11) is 0. The summed E-state index contributed by atoms with van der Waals surface area (Å²) in [5.41, 5.74) is 0. The van der Waals surface area contributed by atoms with Crippen molar-refractivity contribution in [3.63, 3.8) is 0 Å². The van der Waals surface area contributed by atoms with Crippen LogP contribution in [0.3, 0.4) is 0 Å². The predicted octanol–water partition coefficient (Wildman–Crippen LogP) is 11.1. The average molecular weight is 499 g/mol. The van der Waals surface area contributed by atoms with Crippen LogP contribution < -0.4 is 0 Å². The number of ether oxygens (including phenoxy) is 1. The first-order valence-electron chi connectivity index (χ1n) is 15.9. The average Bonchev–Trinajstić information content (AvgIpc) is 2.85. The molecule has 0 aromatic rings. The normalized spacial score (nSPS) is 13.7. The Morgan fingerprint density at radius 3 is 1.20 bits per heavy atom. The lowest BCUT2D eigenvalue weighted by Gasteiger charge is -2.25. The second-order valence-corrected chi connectivity index (χ2v) is 10.7. The molecule has 0 aromatic heterocycles. The molecule has 0 aromatic carbocycles. The minimum Gasteiger partial charge on any atom is -0.481 e. The van der Waals surface area contributed by atoms with Crippen LogP contribution in [0, 0.1) is 5.92 Å². The first kappa shape index (κ1) is 36.6. The molecule has 0 spiro atoms. The first-order chi connectivity index (χ1) is 17.0. The highest BCUT2D eigenvalue weighted by molar-refractivity contribution is 5.69. The highest BCUT2D eigenvalue weighted by atomic mass is 16.5. The van der Waals surface area contributed by atoms with Gasteiger partial charge in [-0.05, 0) is 38.5 Å². The van der Waals surface area contributed by atoms with Crippen molar-refractivity contribution in [2.24, 2.45) is 5.92 Å². The van der Waals surface area contributed by atoms with E-state index in [0.717, 1.165) is 25.7 Å². The topological polar surface area (TPSA) is 46.5 Å². The number of hydrogen-bond acceptors (Lipinski definition) is 2. The van der Waals surface area contributed by atoms with Gasteiger partial charge < -0.3 is 9.84 Å². The molecule has 0 heterocycles. The van der Waals surface area contributed by atoms with Crippen molar-refractivity contribution in [2.45, 2.75) is 195 Å². The van der Waals surface area contributed by atoms with Crippen LogP contribution in [-0.2, 0) is 9.53 Å². The number of carboxylic acid groups (broad SMARTS) is 1. The van der Waals surface area contributed by atoms with Gasteiger partial charge >= 0.3 is 5.97 Å². The Balaban J connectivity index is 0. The minimum atomic E-state index is -0.643. The fraction of sp³-hybridized carbons (Fsp3) is 0.969. The van der Waals surface area contributed by atoms with Crippen LogP contribution in [0.1, 0.15) is 183 Å². The van der Waals surface area contributed by atoms with E-state index < -0.39 is 5.97 Å². The van der Waals surface area contributed by atoms with Crippen LogP contribution in [0.15, 0.2) is 0 Å². The Bertz CT molecular complexity index is 386. The third kappa shape index (κ3) is 26.3. The van der Waals surface area contributed by atoms with Gasteiger partial charge in [0.15, 0.2) is 0 Å². The van der Waals surface area contributed by atoms with E-state index in [9.17, 15) is 4.79 Å². The molecule has 0 fully saturated rings. The van der Waals surface area contributed by atoms with Crippen molar-refractivity contribution < 1.29 is 14.6 Å². The molecule has 3 heteroatoms. The summed E-state index contributed by atoms with van der Waals surface area (Å²) < 4.78 is 6.67. The van der Waals surface area contributed by atoms with Crippen molar-refractivity contribution in [1.82, 2.24) is 0 Å². The molecule has 0 aliphatic rings. The predicted molar refractivity (Wildman–Crippen MR) is 155 cm³/mol. The quantitative estimate of drug-likeness (QED) is 0.127. The summed E-state index contributed by atoms with van der Waals surface area (Å²) in [5.74, 6) is -0.754. The number of unbranched alkanes of at least 4 members (excludes halogenated alkanes) is 11. The Labute approximate surface area is 221 Å². The fourth-order valence-electron chi connectivity index (χ4n) is 4.60. The molecule has 3 unspecified atom stereocenters. The molecule has 0 saturated heterocycles. The lowest BCUT2D eigenvalue weighted by atomic mass is 10.00. The number of carbonyl (C=O) groups is 1. The molecule has 0 saturated carbocycles. The first-order valence-corrected chi connectivity index (χ1v) is 15.9. The van der Waals surface area contributed by atoms with Gasteiger partial charge in [0.2, 0.25) is 0 Å². The van der Waals surface area contributed by atoms with Crippen LogP contribution in [0.4, 0.5) is 0 Å². The van der Waals surface area contributed by atoms with Gasteiger partial charge in [-0.15, -0.1) is 0 Å². The standard InChI is InChI=1S/C24H50O.C8H16O2/c1-5-9-13-15-17-21-23(19-11-7-3)25-24(20-12-8-4)22-18-16-14-10-6-2;1-3-5-6-7(4-2)8(9)10/h23-24H,5-22H2,1-4H3;7H,3-6H2,1-2H3,(H,9,10). The fourth-order valence-corrected chi connectivity index (χ4v) is 4.60. The maximum atomic E-state index is 10.4. The molecule has 0 amide bonds. The Kier molecular flexibility index (Phi) is 31.0. The van der Waals surface area contributed by atoms with E-state index in [0.29, 0.717) is 12.2 Å². The van der Waals surface area contributed by atoms with Crippen molar-refractivity contribution in [1.29, 1.82) is 0 Å². The molecule has 0 rings (SSSR count). The second-order valence-electron chi connectivity index (χ2n) is 10.7. The van der Waals surface area contributed by atoms with E-state index in [4.69, 9.17) is 9.84 Å². The summed E-state index contributed by atoms with van der Waals surface area (Å²) in [4.78, 5) is 10.4. The number of carboxylic acids is 1.